The van der Waals surface area contributed by atoms with E-state index in [1.165, 1.54) is 6.20 Å². The maximum Gasteiger partial charge on any atom is 0.214 e. The van der Waals surface area contributed by atoms with Gasteiger partial charge in [0.25, 0.3) is 0 Å². The third-order valence-corrected chi connectivity index (χ3v) is 2.29. The van der Waals surface area contributed by atoms with Crippen LogP contribution in [-0.4, -0.2) is 10.1 Å². The summed E-state index contributed by atoms with van der Waals surface area (Å²) < 4.78 is 5.51. The molecular weight excluding hydrogens is 202 g/mol. The van der Waals surface area contributed by atoms with E-state index in [0.717, 1.165) is 11.1 Å². The van der Waals surface area contributed by atoms with Crippen LogP contribution in [0.15, 0.2) is 42.6 Å². The molecule has 0 fully saturated rings. The van der Waals surface area contributed by atoms with E-state index < -0.39 is 0 Å². The maximum atomic E-state index is 9.31. The van der Waals surface area contributed by atoms with Crippen molar-refractivity contribution in [3.63, 3.8) is 0 Å². The molecule has 2 rings (SSSR count). The van der Waals surface area contributed by atoms with Crippen LogP contribution < -0.4 is 4.74 Å². The second-order valence-corrected chi connectivity index (χ2v) is 3.58. The summed E-state index contributed by atoms with van der Waals surface area (Å²) in [6.07, 6.45) is 1.40. The topological polar surface area (TPSA) is 42.4 Å². The van der Waals surface area contributed by atoms with Crippen LogP contribution in [0.3, 0.4) is 0 Å². The van der Waals surface area contributed by atoms with Crippen LogP contribution in [0.25, 0.3) is 0 Å². The van der Waals surface area contributed by atoms with Crippen molar-refractivity contribution in [3.8, 4) is 11.6 Å². The largest absolute Gasteiger partial charge is 0.506 e. The van der Waals surface area contributed by atoms with Crippen LogP contribution in [0.4, 0.5) is 0 Å². The second-order valence-electron chi connectivity index (χ2n) is 3.58. The monoisotopic (exact) mass is 215 g/mol. The minimum Gasteiger partial charge on any atom is -0.506 e. The van der Waals surface area contributed by atoms with Crippen molar-refractivity contribution < 1.29 is 9.84 Å². The van der Waals surface area contributed by atoms with Gasteiger partial charge in [-0.2, -0.15) is 0 Å². The van der Waals surface area contributed by atoms with Gasteiger partial charge in [-0.1, -0.05) is 30.3 Å². The molecule has 0 radical (unpaired) electrons. The highest BCUT2D eigenvalue weighted by atomic mass is 16.5. The first-order valence-electron chi connectivity index (χ1n) is 5.08. The Bertz CT molecular complexity index is 469. The molecule has 0 amide bonds. The molecule has 0 aliphatic carbocycles. The first-order valence-corrected chi connectivity index (χ1v) is 5.08. The van der Waals surface area contributed by atoms with E-state index in [0.29, 0.717) is 12.5 Å². The predicted molar refractivity (Wildman–Crippen MR) is 61.4 cm³/mol. The molecule has 0 unspecified atom stereocenters. The van der Waals surface area contributed by atoms with Gasteiger partial charge < -0.3 is 9.84 Å². The first-order chi connectivity index (χ1) is 7.75. The molecule has 0 bridgehead atoms. The number of ether oxygens (including phenoxy) is 1. The lowest BCUT2D eigenvalue weighted by molar-refractivity contribution is 0.292. The second kappa shape index (κ2) is 4.66. The van der Waals surface area contributed by atoms with E-state index >= 15 is 0 Å². The Labute approximate surface area is 94.3 Å². The summed E-state index contributed by atoms with van der Waals surface area (Å²) in [6.45, 7) is 2.30. The summed E-state index contributed by atoms with van der Waals surface area (Å²) in [5.41, 5.74) is 1.85. The van der Waals surface area contributed by atoms with Crippen molar-refractivity contribution in [2.75, 3.05) is 0 Å². The van der Waals surface area contributed by atoms with Gasteiger partial charge in [0.1, 0.15) is 12.4 Å². The third-order valence-electron chi connectivity index (χ3n) is 2.29. The fourth-order valence-corrected chi connectivity index (χ4v) is 1.33. The lowest BCUT2D eigenvalue weighted by Crippen LogP contribution is -1.97. The van der Waals surface area contributed by atoms with Crippen molar-refractivity contribution in [1.29, 1.82) is 0 Å². The Kier molecular flexibility index (Phi) is 3.05. The standard InChI is InChI=1S/C13H13NO2/c1-10-7-13(14-8-12(10)15)16-9-11-5-3-2-4-6-11/h2-8,15H,9H2,1H3. The number of aromatic hydroxyl groups is 1. The number of benzene rings is 1. The molecule has 2 aromatic rings. The lowest BCUT2D eigenvalue weighted by Gasteiger charge is -2.06. The number of nitrogens with zero attached hydrogens (tertiary/aromatic N) is 1. The van der Waals surface area contributed by atoms with Crippen LogP contribution in [0.2, 0.25) is 0 Å². The van der Waals surface area contributed by atoms with Gasteiger partial charge in [-0.3, -0.25) is 0 Å². The number of aromatic nitrogens is 1. The summed E-state index contributed by atoms with van der Waals surface area (Å²) in [6, 6.07) is 11.6. The molecule has 0 aliphatic heterocycles. The molecule has 3 nitrogen and oxygen atoms in total. The van der Waals surface area contributed by atoms with Crippen molar-refractivity contribution in [2.24, 2.45) is 0 Å². The minimum atomic E-state index is 0.187. The molecule has 1 N–H and O–H groups in total. The molecule has 3 heteroatoms. The summed E-state index contributed by atoms with van der Waals surface area (Å²) in [4.78, 5) is 3.98. The summed E-state index contributed by atoms with van der Waals surface area (Å²) >= 11 is 0. The van der Waals surface area contributed by atoms with Gasteiger partial charge >= 0.3 is 0 Å². The van der Waals surface area contributed by atoms with Crippen molar-refractivity contribution in [1.82, 2.24) is 4.98 Å². The maximum absolute atomic E-state index is 9.31. The number of rotatable bonds is 3. The quantitative estimate of drug-likeness (QED) is 0.855. The average Bonchev–Trinajstić information content (AvgIpc) is 2.32. The number of aryl methyl sites for hydroxylation is 1. The minimum absolute atomic E-state index is 0.187. The fourth-order valence-electron chi connectivity index (χ4n) is 1.33. The van der Waals surface area contributed by atoms with E-state index in [-0.39, 0.29) is 5.75 Å². The lowest BCUT2D eigenvalue weighted by atomic mass is 10.2. The molecule has 82 valence electrons. The Balaban J connectivity index is 2.03. The zero-order valence-electron chi connectivity index (χ0n) is 9.05. The highest BCUT2D eigenvalue weighted by molar-refractivity contribution is 5.32. The molecule has 1 aromatic heterocycles. The summed E-state index contributed by atoms with van der Waals surface area (Å²) in [7, 11) is 0. The van der Waals surface area contributed by atoms with E-state index in [1.54, 1.807) is 6.07 Å². The number of pyridine rings is 1. The van der Waals surface area contributed by atoms with Gasteiger partial charge in [0, 0.05) is 6.07 Å². The van der Waals surface area contributed by atoms with Gasteiger partial charge in [0.15, 0.2) is 0 Å². The zero-order valence-corrected chi connectivity index (χ0v) is 9.05. The van der Waals surface area contributed by atoms with Crippen LogP contribution in [0.1, 0.15) is 11.1 Å². The van der Waals surface area contributed by atoms with Gasteiger partial charge in [-0.15, -0.1) is 0 Å². The molecule has 0 atom stereocenters. The Morgan fingerprint density at radius 2 is 2.00 bits per heavy atom. The molecule has 0 aliphatic rings. The molecule has 0 saturated carbocycles. The van der Waals surface area contributed by atoms with Crippen LogP contribution >= 0.6 is 0 Å². The SMILES string of the molecule is Cc1cc(OCc2ccccc2)ncc1O. The van der Waals surface area contributed by atoms with E-state index in [2.05, 4.69) is 4.98 Å². The molecule has 1 heterocycles. The van der Waals surface area contributed by atoms with Crippen molar-refractivity contribution in [3.05, 3.63) is 53.7 Å². The van der Waals surface area contributed by atoms with E-state index in [9.17, 15) is 5.11 Å². The number of hydrogen-bond donors (Lipinski definition) is 1. The first kappa shape index (κ1) is 10.5. The average molecular weight is 215 g/mol. The van der Waals surface area contributed by atoms with Gasteiger partial charge in [-0.05, 0) is 18.1 Å². The molecular formula is C13H13NO2. The molecule has 0 saturated heterocycles. The third kappa shape index (κ3) is 2.51. The van der Waals surface area contributed by atoms with Gasteiger partial charge in [0.05, 0.1) is 6.20 Å². The fraction of sp³-hybridized carbons (Fsp3) is 0.154. The van der Waals surface area contributed by atoms with Gasteiger partial charge in [-0.25, -0.2) is 4.98 Å². The number of hydrogen-bond acceptors (Lipinski definition) is 3. The van der Waals surface area contributed by atoms with Crippen LogP contribution in [0.5, 0.6) is 11.6 Å². The van der Waals surface area contributed by atoms with Crippen molar-refractivity contribution >= 4 is 0 Å². The highest BCUT2D eigenvalue weighted by Crippen LogP contribution is 2.19. The summed E-state index contributed by atoms with van der Waals surface area (Å²) in [5, 5.41) is 9.31. The molecule has 16 heavy (non-hydrogen) atoms. The normalized spacial score (nSPS) is 10.1. The molecule has 0 spiro atoms. The Hall–Kier alpha value is -2.03. The van der Waals surface area contributed by atoms with Gasteiger partial charge in [0.2, 0.25) is 5.88 Å². The Morgan fingerprint density at radius 1 is 1.25 bits per heavy atom. The smallest absolute Gasteiger partial charge is 0.214 e. The van der Waals surface area contributed by atoms with Crippen LogP contribution in [-0.2, 0) is 6.61 Å². The predicted octanol–water partition coefficient (Wildman–Crippen LogP) is 2.67. The highest BCUT2D eigenvalue weighted by Gasteiger charge is 2.00. The van der Waals surface area contributed by atoms with E-state index in [1.807, 2.05) is 37.3 Å². The zero-order chi connectivity index (χ0) is 11.4. The summed E-state index contributed by atoms with van der Waals surface area (Å²) in [5.74, 6) is 0.714. The Morgan fingerprint density at radius 3 is 2.69 bits per heavy atom. The van der Waals surface area contributed by atoms with E-state index in [4.69, 9.17) is 4.74 Å². The van der Waals surface area contributed by atoms with Crippen LogP contribution in [0, 0.1) is 6.92 Å². The molecule has 1 aromatic carbocycles. The van der Waals surface area contributed by atoms with Crippen molar-refractivity contribution in [2.45, 2.75) is 13.5 Å².